The van der Waals surface area contributed by atoms with E-state index in [1.807, 2.05) is 26.0 Å². The van der Waals surface area contributed by atoms with E-state index >= 15 is 0 Å². The van der Waals surface area contributed by atoms with Gasteiger partial charge in [-0.2, -0.15) is 0 Å². The normalized spacial score (nSPS) is 29.3. The predicted molar refractivity (Wildman–Crippen MR) is 115 cm³/mol. The Hall–Kier alpha value is -0.573. The maximum Gasteiger partial charge on any atom is 0.192 e. The summed E-state index contributed by atoms with van der Waals surface area (Å²) in [6, 6.07) is 0. The van der Waals surface area contributed by atoms with Crippen molar-refractivity contribution in [2.24, 2.45) is 0 Å². The first-order valence-electron chi connectivity index (χ1n) is 10.8. The highest BCUT2D eigenvalue weighted by Gasteiger charge is 2.46. The molecule has 6 nitrogen and oxygen atoms in total. The van der Waals surface area contributed by atoms with Crippen molar-refractivity contribution >= 4 is 14.6 Å². The Bertz CT molecular complexity index is 548. The fraction of sp³-hybridized carbons (Fsp3) is 0.864. The molecule has 0 aromatic carbocycles. The summed E-state index contributed by atoms with van der Waals surface area (Å²) in [6.45, 7) is 16.1. The van der Waals surface area contributed by atoms with Gasteiger partial charge in [0.15, 0.2) is 20.4 Å². The fourth-order valence-corrected chi connectivity index (χ4v) is 4.27. The number of carbonyl (C=O) groups is 1. The summed E-state index contributed by atoms with van der Waals surface area (Å²) in [6.07, 6.45) is 6.78. The Morgan fingerprint density at radius 3 is 2.52 bits per heavy atom. The molecule has 29 heavy (non-hydrogen) atoms. The summed E-state index contributed by atoms with van der Waals surface area (Å²) in [5, 5.41) is 0.106. The van der Waals surface area contributed by atoms with Crippen molar-refractivity contribution in [1.29, 1.82) is 0 Å². The van der Waals surface area contributed by atoms with E-state index in [9.17, 15) is 4.79 Å². The van der Waals surface area contributed by atoms with Crippen LogP contribution >= 0.6 is 0 Å². The zero-order valence-electron chi connectivity index (χ0n) is 19.2. The van der Waals surface area contributed by atoms with Gasteiger partial charge in [0.25, 0.3) is 0 Å². The molecule has 168 valence electrons. The second-order valence-corrected chi connectivity index (χ2v) is 14.7. The average molecular weight is 429 g/mol. The Balaban J connectivity index is 2.18. The summed E-state index contributed by atoms with van der Waals surface area (Å²) in [5.74, 6) is -0.729. The zero-order valence-corrected chi connectivity index (χ0v) is 20.2. The van der Waals surface area contributed by atoms with Gasteiger partial charge in [-0.25, -0.2) is 0 Å². The molecule has 0 aliphatic carbocycles. The monoisotopic (exact) mass is 428 g/mol. The first-order valence-corrected chi connectivity index (χ1v) is 13.7. The molecular weight excluding hydrogens is 388 g/mol. The standard InChI is InChI=1S/C22H40O6Si/c1-21(2,3)29(6,7)25-16-18(26-19-13-9-11-15-24-19)20-17(12-8-10-14-23)27-22(4,5)28-20/h8,12,14,17-20H,9-11,13,15-16H2,1-7H3/b12-8-/t17-,18+,19?,20-/m0/s1. The lowest BCUT2D eigenvalue weighted by Crippen LogP contribution is -2.48. The van der Waals surface area contributed by atoms with Crippen LogP contribution in [0.1, 0.15) is 60.3 Å². The molecule has 2 aliphatic rings. The minimum absolute atomic E-state index is 0.106. The molecule has 0 aromatic rings. The number of hydrogen-bond acceptors (Lipinski definition) is 6. The van der Waals surface area contributed by atoms with E-state index in [4.69, 9.17) is 23.4 Å². The maximum absolute atomic E-state index is 10.7. The van der Waals surface area contributed by atoms with Crippen molar-refractivity contribution in [3.05, 3.63) is 12.2 Å². The van der Waals surface area contributed by atoms with Crippen LogP contribution in [0.2, 0.25) is 18.1 Å². The molecule has 4 atom stereocenters. The largest absolute Gasteiger partial charge is 0.414 e. The van der Waals surface area contributed by atoms with Gasteiger partial charge in [-0.15, -0.1) is 0 Å². The summed E-state index contributed by atoms with van der Waals surface area (Å²) >= 11 is 0. The van der Waals surface area contributed by atoms with Gasteiger partial charge in [0.2, 0.25) is 0 Å². The van der Waals surface area contributed by atoms with Crippen LogP contribution in [0.3, 0.4) is 0 Å². The van der Waals surface area contributed by atoms with Gasteiger partial charge in [-0.05, 0) is 51.2 Å². The molecule has 0 spiro atoms. The third-order valence-corrected chi connectivity index (χ3v) is 10.5. The molecule has 2 aliphatic heterocycles. The third-order valence-electron chi connectivity index (χ3n) is 5.97. The van der Waals surface area contributed by atoms with Gasteiger partial charge < -0.3 is 28.2 Å². The first kappa shape index (κ1) is 24.7. The molecule has 0 radical (unpaired) electrons. The number of hydrogen-bond donors (Lipinski definition) is 0. The molecule has 2 rings (SSSR count). The molecule has 0 aromatic heterocycles. The Labute approximate surface area is 177 Å². The summed E-state index contributed by atoms with van der Waals surface area (Å²) in [7, 11) is -1.95. The van der Waals surface area contributed by atoms with Gasteiger partial charge >= 0.3 is 0 Å². The van der Waals surface area contributed by atoms with Gasteiger partial charge in [0.05, 0.1) is 6.61 Å². The van der Waals surface area contributed by atoms with Crippen LogP contribution in [0, 0.1) is 0 Å². The van der Waals surface area contributed by atoms with Crippen molar-refractivity contribution in [2.45, 2.75) is 109 Å². The molecule has 2 fully saturated rings. The smallest absolute Gasteiger partial charge is 0.192 e. The van der Waals surface area contributed by atoms with Gasteiger partial charge in [0.1, 0.15) is 24.6 Å². The zero-order chi connectivity index (χ0) is 21.7. The van der Waals surface area contributed by atoms with Crippen molar-refractivity contribution in [2.75, 3.05) is 13.2 Å². The summed E-state index contributed by atoms with van der Waals surface area (Å²) in [4.78, 5) is 10.7. The maximum atomic E-state index is 10.7. The van der Waals surface area contributed by atoms with Crippen molar-refractivity contribution in [3.8, 4) is 0 Å². The van der Waals surface area contributed by atoms with E-state index in [0.717, 1.165) is 32.2 Å². The molecule has 2 saturated heterocycles. The van der Waals surface area contributed by atoms with Crippen LogP contribution in [-0.4, -0.2) is 58.2 Å². The minimum Gasteiger partial charge on any atom is -0.414 e. The highest BCUT2D eigenvalue weighted by molar-refractivity contribution is 6.74. The molecule has 1 unspecified atom stereocenters. The second kappa shape index (κ2) is 10.2. The number of allylic oxidation sites excluding steroid dienone is 1. The van der Waals surface area contributed by atoms with Gasteiger partial charge in [0, 0.05) is 13.0 Å². The fourth-order valence-electron chi connectivity index (χ4n) is 3.25. The van der Waals surface area contributed by atoms with E-state index in [2.05, 4.69) is 33.9 Å². The first-order chi connectivity index (χ1) is 13.5. The van der Waals surface area contributed by atoms with E-state index < -0.39 is 14.1 Å². The lowest BCUT2D eigenvalue weighted by molar-refractivity contribution is -0.224. The van der Waals surface area contributed by atoms with Gasteiger partial charge in [-0.1, -0.05) is 32.9 Å². The molecule has 0 N–H and O–H groups in total. The summed E-state index contributed by atoms with van der Waals surface area (Å²) in [5.41, 5.74) is 0. The highest BCUT2D eigenvalue weighted by Crippen LogP contribution is 2.38. The van der Waals surface area contributed by atoms with Crippen LogP contribution in [0.5, 0.6) is 0 Å². The number of ether oxygens (including phenoxy) is 4. The van der Waals surface area contributed by atoms with Crippen LogP contribution in [0.15, 0.2) is 12.2 Å². The third kappa shape index (κ3) is 7.26. The van der Waals surface area contributed by atoms with E-state index in [-0.39, 0.29) is 29.6 Å². The van der Waals surface area contributed by atoms with Crippen molar-refractivity contribution in [1.82, 2.24) is 0 Å². The Kier molecular flexibility index (Phi) is 8.65. The van der Waals surface area contributed by atoms with Gasteiger partial charge in [-0.3, -0.25) is 0 Å². The Morgan fingerprint density at radius 1 is 1.21 bits per heavy atom. The number of carbonyl (C=O) groups excluding carboxylic acids is 1. The van der Waals surface area contributed by atoms with E-state index in [0.29, 0.717) is 13.0 Å². The van der Waals surface area contributed by atoms with Crippen LogP contribution in [-0.2, 0) is 28.2 Å². The molecular formula is C22H40O6Si. The quantitative estimate of drug-likeness (QED) is 0.304. The summed E-state index contributed by atoms with van der Waals surface area (Å²) < 4.78 is 31.0. The van der Waals surface area contributed by atoms with Crippen molar-refractivity contribution < 1.29 is 28.2 Å². The average Bonchev–Trinajstić information content (AvgIpc) is 2.93. The lowest BCUT2D eigenvalue weighted by Gasteiger charge is -2.39. The molecule has 0 saturated carbocycles. The number of rotatable bonds is 9. The van der Waals surface area contributed by atoms with E-state index in [1.54, 1.807) is 0 Å². The van der Waals surface area contributed by atoms with E-state index in [1.165, 1.54) is 0 Å². The Morgan fingerprint density at radius 2 is 1.93 bits per heavy atom. The second-order valence-electron chi connectivity index (χ2n) is 9.94. The lowest BCUT2D eigenvalue weighted by atomic mass is 10.1. The number of aldehydes is 1. The molecule has 7 heteroatoms. The van der Waals surface area contributed by atoms with Crippen LogP contribution < -0.4 is 0 Å². The minimum atomic E-state index is -1.95. The molecule has 0 bridgehead atoms. The SMILES string of the molecule is CC1(C)O[C@H]([C@@H](CO[Si](C)(C)C(C)(C)C)OC2CCCCO2)[C@H](/C=C\CC=O)O1. The predicted octanol–water partition coefficient (Wildman–Crippen LogP) is 4.59. The topological polar surface area (TPSA) is 63.2 Å². The van der Waals surface area contributed by atoms with Crippen molar-refractivity contribution in [3.63, 3.8) is 0 Å². The highest BCUT2D eigenvalue weighted by atomic mass is 28.4. The molecule has 0 amide bonds. The molecule has 2 heterocycles. The van der Waals surface area contributed by atoms with Crippen LogP contribution in [0.25, 0.3) is 0 Å². The van der Waals surface area contributed by atoms with Crippen LogP contribution in [0.4, 0.5) is 0 Å².